The normalized spacial score (nSPS) is 16.5. The lowest BCUT2D eigenvalue weighted by molar-refractivity contribution is -0.0361. The van der Waals surface area contributed by atoms with E-state index in [1.807, 2.05) is 0 Å². The quantitative estimate of drug-likeness (QED) is 0.531. The average molecular weight is 446 g/mol. The number of nitrogens with two attached hydrogens (primary N) is 1. The highest BCUT2D eigenvalue weighted by Crippen LogP contribution is 2.34. The summed E-state index contributed by atoms with van der Waals surface area (Å²) in [6, 6.07) is 1.68. The summed E-state index contributed by atoms with van der Waals surface area (Å²) in [4.78, 5) is 20.4. The molecule has 0 aliphatic heterocycles. The van der Waals surface area contributed by atoms with E-state index in [4.69, 9.17) is 10.5 Å². The van der Waals surface area contributed by atoms with Crippen molar-refractivity contribution in [2.75, 3.05) is 25.2 Å². The highest BCUT2D eigenvalue weighted by Gasteiger charge is 2.35. The summed E-state index contributed by atoms with van der Waals surface area (Å²) in [5.41, 5.74) is 7.49. The van der Waals surface area contributed by atoms with Crippen molar-refractivity contribution < 1.29 is 18.3 Å². The molecule has 3 aromatic rings. The van der Waals surface area contributed by atoms with Gasteiger partial charge in [0.1, 0.15) is 11.2 Å². The van der Waals surface area contributed by atoms with Gasteiger partial charge in [0.2, 0.25) is 23.7 Å². The highest BCUT2D eigenvalue weighted by molar-refractivity contribution is 5.94. The molecule has 4 rings (SSSR count). The molecule has 0 spiro atoms. The number of nitrogens with one attached hydrogen (secondary N) is 2. The number of halogens is 2. The molecule has 10 nitrogen and oxygen atoms in total. The van der Waals surface area contributed by atoms with Crippen molar-refractivity contribution in [1.82, 2.24) is 29.5 Å². The van der Waals surface area contributed by atoms with Crippen LogP contribution in [0.3, 0.4) is 0 Å². The molecule has 0 saturated heterocycles. The maximum Gasteiger partial charge on any atom is 0.269 e. The van der Waals surface area contributed by atoms with Crippen LogP contribution in [-0.2, 0) is 0 Å². The van der Waals surface area contributed by atoms with Gasteiger partial charge in [0.05, 0.1) is 13.3 Å². The van der Waals surface area contributed by atoms with Crippen LogP contribution in [0.1, 0.15) is 41.7 Å². The van der Waals surface area contributed by atoms with E-state index >= 15 is 0 Å². The largest absolute Gasteiger partial charge is 0.479 e. The number of methoxy groups -OCH3 is 1. The maximum absolute atomic E-state index is 13.4. The Labute approximate surface area is 182 Å². The number of carbonyl (C=O) groups is 1. The molecule has 0 bridgehead atoms. The Morgan fingerprint density at radius 1 is 1.38 bits per heavy atom. The zero-order valence-corrected chi connectivity index (χ0v) is 17.7. The van der Waals surface area contributed by atoms with Gasteiger partial charge < -0.3 is 21.1 Å². The van der Waals surface area contributed by atoms with Crippen LogP contribution in [0.15, 0.2) is 18.5 Å². The molecule has 4 N–H and O–H groups in total. The van der Waals surface area contributed by atoms with Gasteiger partial charge in [0.15, 0.2) is 0 Å². The first-order valence-electron chi connectivity index (χ1n) is 10.1. The lowest BCUT2D eigenvalue weighted by Gasteiger charge is -2.28. The van der Waals surface area contributed by atoms with Crippen molar-refractivity contribution in [3.63, 3.8) is 0 Å². The molecule has 1 fully saturated rings. The molecule has 32 heavy (non-hydrogen) atoms. The van der Waals surface area contributed by atoms with Gasteiger partial charge in [-0.05, 0) is 25.0 Å². The first-order valence-corrected chi connectivity index (χ1v) is 10.1. The van der Waals surface area contributed by atoms with Gasteiger partial charge in [-0.2, -0.15) is 4.98 Å². The summed E-state index contributed by atoms with van der Waals surface area (Å²) in [7, 11) is 3.01. The van der Waals surface area contributed by atoms with E-state index in [1.165, 1.54) is 24.9 Å². The third kappa shape index (κ3) is 4.20. The van der Waals surface area contributed by atoms with Gasteiger partial charge in [-0.3, -0.25) is 9.36 Å². The van der Waals surface area contributed by atoms with Gasteiger partial charge in [-0.1, -0.05) is 0 Å². The molecule has 0 radical (unpaired) electrons. The van der Waals surface area contributed by atoms with E-state index < -0.39 is 5.92 Å². The Hall–Kier alpha value is -3.70. The molecule has 170 valence electrons. The monoisotopic (exact) mass is 446 g/mol. The first-order chi connectivity index (χ1) is 15.3. The van der Waals surface area contributed by atoms with E-state index in [2.05, 4.69) is 25.7 Å². The van der Waals surface area contributed by atoms with Crippen molar-refractivity contribution in [1.29, 1.82) is 0 Å². The standard InChI is InChI=1S/C20H24F2N8O2/c1-24-16(31)14-11-25-18(23)29(14)9-5-12-6-10-30-15(12)17(32-2)27-19(28-30)26-13-3-7-20(21,22)8-4-13/h5-6,9-11,13H,3-4,7-8H2,1-2H3,(H2,23,25)(H,24,31)(H,26,28)/b9-5+. The van der Waals surface area contributed by atoms with Gasteiger partial charge >= 0.3 is 0 Å². The van der Waals surface area contributed by atoms with Crippen LogP contribution in [0, 0.1) is 0 Å². The number of anilines is 2. The molecule has 1 aliphatic carbocycles. The van der Waals surface area contributed by atoms with E-state index in [0.29, 0.717) is 30.2 Å². The third-order valence-electron chi connectivity index (χ3n) is 5.44. The fourth-order valence-corrected chi connectivity index (χ4v) is 3.70. The predicted octanol–water partition coefficient (Wildman–Crippen LogP) is 2.49. The summed E-state index contributed by atoms with van der Waals surface area (Å²) in [5, 5.41) is 10.1. The molecule has 12 heteroatoms. The SMILES string of the molecule is CNC(=O)c1cnc(N)n1/C=C/c1ccn2nc(NC3CCC(F)(F)CC3)nc(OC)c12. The Bertz CT molecular complexity index is 1160. The highest BCUT2D eigenvalue weighted by atomic mass is 19.3. The van der Waals surface area contributed by atoms with Crippen LogP contribution in [0.2, 0.25) is 0 Å². The molecular formula is C20H24F2N8O2. The lowest BCUT2D eigenvalue weighted by atomic mass is 9.92. The van der Waals surface area contributed by atoms with Crippen molar-refractivity contribution in [3.05, 3.63) is 29.7 Å². The fraction of sp³-hybridized carbons (Fsp3) is 0.400. The topological polar surface area (TPSA) is 124 Å². The number of ether oxygens (including phenoxy) is 1. The minimum absolute atomic E-state index is 0.126. The fourth-order valence-electron chi connectivity index (χ4n) is 3.70. The van der Waals surface area contributed by atoms with Gasteiger partial charge in [-0.25, -0.2) is 18.3 Å². The van der Waals surface area contributed by atoms with Crippen LogP contribution in [-0.4, -0.2) is 56.2 Å². The van der Waals surface area contributed by atoms with Crippen LogP contribution in [0.4, 0.5) is 20.7 Å². The van der Waals surface area contributed by atoms with Crippen LogP contribution < -0.4 is 21.1 Å². The van der Waals surface area contributed by atoms with Crippen molar-refractivity contribution in [2.45, 2.75) is 37.6 Å². The number of carbonyl (C=O) groups excluding carboxylic acids is 1. The van der Waals surface area contributed by atoms with Gasteiger partial charge in [-0.15, -0.1) is 5.10 Å². The molecule has 0 atom stereocenters. The second kappa shape index (κ2) is 8.44. The summed E-state index contributed by atoms with van der Waals surface area (Å²) in [6.45, 7) is 0. The van der Waals surface area contributed by atoms with Crippen LogP contribution >= 0.6 is 0 Å². The van der Waals surface area contributed by atoms with Crippen molar-refractivity contribution in [2.24, 2.45) is 0 Å². The van der Waals surface area contributed by atoms with Crippen LogP contribution in [0.25, 0.3) is 17.8 Å². The van der Waals surface area contributed by atoms with E-state index in [9.17, 15) is 13.6 Å². The van der Waals surface area contributed by atoms with E-state index in [0.717, 1.165) is 5.56 Å². The number of aromatic nitrogens is 5. The maximum atomic E-state index is 13.4. The zero-order valence-electron chi connectivity index (χ0n) is 17.7. The Kier molecular flexibility index (Phi) is 5.68. The molecule has 1 amide bonds. The van der Waals surface area contributed by atoms with E-state index in [-0.39, 0.29) is 36.4 Å². The number of nitrogen functional groups attached to an aromatic ring is 1. The molecule has 0 unspecified atom stereocenters. The number of fused-ring (bicyclic) bond motifs is 1. The number of amides is 1. The van der Waals surface area contributed by atoms with Gasteiger partial charge in [0.25, 0.3) is 5.91 Å². The smallest absolute Gasteiger partial charge is 0.269 e. The molecule has 3 heterocycles. The minimum Gasteiger partial charge on any atom is -0.479 e. The lowest BCUT2D eigenvalue weighted by Crippen LogP contribution is -2.32. The molecule has 1 saturated carbocycles. The zero-order chi connectivity index (χ0) is 22.9. The summed E-state index contributed by atoms with van der Waals surface area (Å²) >= 11 is 0. The second-order valence-electron chi connectivity index (χ2n) is 7.55. The predicted molar refractivity (Wildman–Crippen MR) is 116 cm³/mol. The molecule has 1 aliphatic rings. The third-order valence-corrected chi connectivity index (χ3v) is 5.44. The summed E-state index contributed by atoms with van der Waals surface area (Å²) in [6.07, 6.45) is 6.86. The first kappa shape index (κ1) is 21.5. The number of alkyl halides is 2. The van der Waals surface area contributed by atoms with E-state index in [1.54, 1.807) is 29.1 Å². The Morgan fingerprint density at radius 3 is 2.81 bits per heavy atom. The molecule has 0 aromatic carbocycles. The second-order valence-corrected chi connectivity index (χ2v) is 7.55. The number of imidazole rings is 1. The average Bonchev–Trinajstić information content (AvgIpc) is 3.35. The van der Waals surface area contributed by atoms with Gasteiger partial charge in [0, 0.05) is 43.9 Å². The minimum atomic E-state index is -2.60. The summed E-state index contributed by atoms with van der Waals surface area (Å²) in [5.74, 6) is -2.14. The number of hydrogen-bond acceptors (Lipinski definition) is 7. The Morgan fingerprint density at radius 2 is 2.12 bits per heavy atom. The summed E-state index contributed by atoms with van der Waals surface area (Å²) < 4.78 is 35.3. The van der Waals surface area contributed by atoms with Crippen LogP contribution in [0.5, 0.6) is 5.88 Å². The number of nitrogens with zero attached hydrogens (tertiary/aromatic N) is 5. The number of rotatable bonds is 6. The Balaban J connectivity index is 1.61. The molecular weight excluding hydrogens is 422 g/mol. The van der Waals surface area contributed by atoms with Crippen molar-refractivity contribution >= 4 is 35.6 Å². The van der Waals surface area contributed by atoms with Crippen molar-refractivity contribution in [3.8, 4) is 5.88 Å². The number of hydrogen-bond donors (Lipinski definition) is 3. The molecule has 3 aromatic heterocycles.